The topological polar surface area (TPSA) is 4.93 Å². The molecular formula is C38H27N. The van der Waals surface area contributed by atoms with Gasteiger partial charge >= 0.3 is 0 Å². The summed E-state index contributed by atoms with van der Waals surface area (Å²) in [6.07, 6.45) is 2.37. The van der Waals surface area contributed by atoms with Crippen LogP contribution in [0.2, 0.25) is 0 Å². The SMILES string of the molecule is CCCCn1c2ccccc2c2cc(C#Cc3ccc4c5cccc6cccc(c7cccc3c74)c65)ccc21. The Balaban J connectivity index is 1.32. The van der Waals surface area contributed by atoms with Gasteiger partial charge in [0.05, 0.1) is 0 Å². The smallest absolute Gasteiger partial charge is 0.0492 e. The molecule has 0 saturated carbocycles. The Morgan fingerprint density at radius 3 is 2.03 bits per heavy atom. The first-order valence-electron chi connectivity index (χ1n) is 13.9. The molecule has 1 nitrogen and oxygen atoms in total. The Morgan fingerprint density at radius 1 is 0.538 bits per heavy atom. The van der Waals surface area contributed by atoms with E-state index in [1.165, 1.54) is 77.7 Å². The lowest BCUT2D eigenvalue weighted by molar-refractivity contribution is 0.665. The van der Waals surface area contributed by atoms with E-state index in [4.69, 9.17) is 0 Å². The van der Waals surface area contributed by atoms with Crippen molar-refractivity contribution in [2.24, 2.45) is 0 Å². The summed E-state index contributed by atoms with van der Waals surface area (Å²) >= 11 is 0. The van der Waals surface area contributed by atoms with Gasteiger partial charge in [-0.2, -0.15) is 0 Å². The average molecular weight is 498 g/mol. The summed E-state index contributed by atoms with van der Waals surface area (Å²) < 4.78 is 2.47. The number of benzene rings is 7. The molecule has 0 unspecified atom stereocenters. The summed E-state index contributed by atoms with van der Waals surface area (Å²) in [5.41, 5.74) is 4.73. The molecule has 0 aliphatic carbocycles. The lowest BCUT2D eigenvalue weighted by Gasteiger charge is -2.14. The summed E-state index contributed by atoms with van der Waals surface area (Å²) in [4.78, 5) is 0. The van der Waals surface area contributed by atoms with Crippen molar-refractivity contribution in [3.8, 4) is 11.8 Å². The van der Waals surface area contributed by atoms with Crippen molar-refractivity contribution in [1.29, 1.82) is 0 Å². The van der Waals surface area contributed by atoms with Crippen LogP contribution in [0.5, 0.6) is 0 Å². The van der Waals surface area contributed by atoms with Gasteiger partial charge in [0.2, 0.25) is 0 Å². The fraction of sp³-hybridized carbons (Fsp3) is 0.105. The monoisotopic (exact) mass is 497 g/mol. The van der Waals surface area contributed by atoms with E-state index in [1.807, 2.05) is 0 Å². The molecule has 184 valence electrons. The van der Waals surface area contributed by atoms with Crippen molar-refractivity contribution in [2.75, 3.05) is 0 Å². The van der Waals surface area contributed by atoms with Crippen LogP contribution in [0.1, 0.15) is 30.9 Å². The highest BCUT2D eigenvalue weighted by Gasteiger charge is 2.14. The van der Waals surface area contributed by atoms with Gasteiger partial charge in [-0.05, 0) is 79.8 Å². The summed E-state index contributed by atoms with van der Waals surface area (Å²) in [5, 5.41) is 13.0. The molecule has 0 amide bonds. The molecule has 0 aliphatic rings. The third-order valence-electron chi connectivity index (χ3n) is 8.37. The third-order valence-corrected chi connectivity index (χ3v) is 8.37. The molecule has 0 saturated heterocycles. The van der Waals surface area contributed by atoms with Crippen LogP contribution >= 0.6 is 0 Å². The van der Waals surface area contributed by atoms with Crippen molar-refractivity contribution < 1.29 is 0 Å². The molecule has 8 rings (SSSR count). The Labute approximate surface area is 227 Å². The molecule has 0 bridgehead atoms. The average Bonchev–Trinajstić information content (AvgIpc) is 3.30. The molecule has 1 aromatic heterocycles. The molecule has 0 fully saturated rings. The van der Waals surface area contributed by atoms with Gasteiger partial charge in [-0.25, -0.2) is 0 Å². The van der Waals surface area contributed by atoms with E-state index >= 15 is 0 Å². The van der Waals surface area contributed by atoms with Gasteiger partial charge in [0.15, 0.2) is 0 Å². The molecule has 0 spiro atoms. The first kappa shape index (κ1) is 22.2. The molecule has 0 radical (unpaired) electrons. The second kappa shape index (κ2) is 8.62. The number of hydrogen-bond donors (Lipinski definition) is 0. The first-order chi connectivity index (χ1) is 19.3. The second-order valence-corrected chi connectivity index (χ2v) is 10.6. The van der Waals surface area contributed by atoms with Crippen LogP contribution in [0.4, 0.5) is 0 Å². The predicted octanol–water partition coefficient (Wildman–Crippen LogP) is 10.0. The van der Waals surface area contributed by atoms with Gasteiger partial charge in [0.25, 0.3) is 0 Å². The minimum absolute atomic E-state index is 1.04. The minimum atomic E-state index is 1.04. The van der Waals surface area contributed by atoms with Crippen molar-refractivity contribution in [2.45, 2.75) is 26.3 Å². The van der Waals surface area contributed by atoms with Gasteiger partial charge in [-0.15, -0.1) is 0 Å². The Bertz CT molecular complexity index is 2220. The van der Waals surface area contributed by atoms with Crippen LogP contribution in [0, 0.1) is 11.8 Å². The van der Waals surface area contributed by atoms with Crippen LogP contribution < -0.4 is 0 Å². The number of fused-ring (bicyclic) bond motifs is 5. The van der Waals surface area contributed by atoms with Gasteiger partial charge in [0.1, 0.15) is 0 Å². The second-order valence-electron chi connectivity index (χ2n) is 10.6. The van der Waals surface area contributed by atoms with E-state index in [2.05, 4.69) is 133 Å². The maximum absolute atomic E-state index is 3.55. The van der Waals surface area contributed by atoms with E-state index in [1.54, 1.807) is 0 Å². The van der Waals surface area contributed by atoms with Crippen LogP contribution in [-0.2, 0) is 6.54 Å². The van der Waals surface area contributed by atoms with E-state index in [-0.39, 0.29) is 0 Å². The zero-order chi connectivity index (χ0) is 25.9. The minimum Gasteiger partial charge on any atom is -0.340 e. The summed E-state index contributed by atoms with van der Waals surface area (Å²) in [6, 6.07) is 39.9. The van der Waals surface area contributed by atoms with Gasteiger partial charge < -0.3 is 4.57 Å². The van der Waals surface area contributed by atoms with E-state index in [9.17, 15) is 0 Å². The Hall–Kier alpha value is -4.80. The van der Waals surface area contributed by atoms with Crippen molar-refractivity contribution in [3.05, 3.63) is 120 Å². The van der Waals surface area contributed by atoms with E-state index in [0.717, 1.165) is 17.7 Å². The number of unbranched alkanes of at least 4 members (excludes halogenated alkanes) is 1. The highest BCUT2D eigenvalue weighted by molar-refractivity contribution is 6.33. The van der Waals surface area contributed by atoms with Crippen molar-refractivity contribution in [3.63, 3.8) is 0 Å². The summed E-state index contributed by atoms with van der Waals surface area (Å²) in [5.74, 6) is 7.07. The molecule has 0 atom stereocenters. The third kappa shape index (κ3) is 3.28. The zero-order valence-corrected chi connectivity index (χ0v) is 22.0. The summed E-state index contributed by atoms with van der Waals surface area (Å²) in [6.45, 7) is 3.30. The molecule has 0 N–H and O–H groups in total. The molecule has 0 aliphatic heterocycles. The van der Waals surface area contributed by atoms with Crippen molar-refractivity contribution in [1.82, 2.24) is 4.57 Å². The molecule has 7 aromatic carbocycles. The molecule has 39 heavy (non-hydrogen) atoms. The van der Waals surface area contributed by atoms with Crippen LogP contribution in [0.3, 0.4) is 0 Å². The quantitative estimate of drug-likeness (QED) is 0.130. The number of nitrogens with zero attached hydrogens (tertiary/aromatic N) is 1. The number of rotatable bonds is 3. The van der Waals surface area contributed by atoms with Crippen molar-refractivity contribution >= 4 is 64.9 Å². The molecular weight excluding hydrogens is 470 g/mol. The predicted molar refractivity (Wildman–Crippen MR) is 168 cm³/mol. The number of aromatic nitrogens is 1. The highest BCUT2D eigenvalue weighted by Crippen LogP contribution is 2.40. The van der Waals surface area contributed by atoms with Gasteiger partial charge in [-0.1, -0.05) is 104 Å². The van der Waals surface area contributed by atoms with Crippen LogP contribution in [0.25, 0.3) is 64.9 Å². The van der Waals surface area contributed by atoms with Crippen LogP contribution in [-0.4, -0.2) is 4.57 Å². The summed E-state index contributed by atoms with van der Waals surface area (Å²) in [7, 11) is 0. The van der Waals surface area contributed by atoms with Crippen LogP contribution in [0.15, 0.2) is 109 Å². The van der Waals surface area contributed by atoms with Gasteiger partial charge in [-0.3, -0.25) is 0 Å². The fourth-order valence-electron chi connectivity index (χ4n) is 6.58. The fourth-order valence-corrected chi connectivity index (χ4v) is 6.58. The normalized spacial score (nSPS) is 11.8. The Kier molecular flexibility index (Phi) is 4.91. The Morgan fingerprint density at radius 2 is 1.21 bits per heavy atom. The lowest BCUT2D eigenvalue weighted by atomic mass is 9.88. The molecule has 8 aromatic rings. The molecule has 1 heterocycles. The largest absolute Gasteiger partial charge is 0.340 e. The first-order valence-corrected chi connectivity index (χ1v) is 13.9. The van der Waals surface area contributed by atoms with E-state index in [0.29, 0.717) is 0 Å². The van der Waals surface area contributed by atoms with Gasteiger partial charge in [0, 0.05) is 39.5 Å². The number of aryl methyl sites for hydroxylation is 1. The lowest BCUT2D eigenvalue weighted by Crippen LogP contribution is -1.96. The number of hydrogen-bond acceptors (Lipinski definition) is 0. The maximum Gasteiger partial charge on any atom is 0.0492 e. The maximum atomic E-state index is 3.55. The number of para-hydroxylation sites is 1. The zero-order valence-electron chi connectivity index (χ0n) is 22.0. The standard InChI is InChI=1S/C38H27N/c1-2-3-23-39-35-16-5-4-11-29(35)34-24-25(18-22-36(34)39)17-19-26-20-21-33-31-14-7-10-27-9-6-13-30(37(27)31)32-15-8-12-28(26)38(32)33/h4-16,18,20-22,24H,2-3,23H2,1H3. The van der Waals surface area contributed by atoms with E-state index < -0.39 is 0 Å². The highest BCUT2D eigenvalue weighted by atomic mass is 15.0. The molecule has 1 heteroatoms.